The maximum atomic E-state index is 10.5. The summed E-state index contributed by atoms with van der Waals surface area (Å²) in [5.74, 6) is -0.235. The number of pyridine rings is 1. The van der Waals surface area contributed by atoms with Gasteiger partial charge in [0.25, 0.3) is 0 Å². The SMILES string of the molecule is COc1ncc(-c2cnn(CCC(=O)O)c2)cc1C. The molecule has 2 aromatic heterocycles. The number of aryl methyl sites for hydroxylation is 2. The first kappa shape index (κ1) is 13.1. The van der Waals surface area contributed by atoms with Gasteiger partial charge in [-0.1, -0.05) is 0 Å². The molecule has 0 spiro atoms. The number of aliphatic carboxylic acids is 1. The van der Waals surface area contributed by atoms with Gasteiger partial charge < -0.3 is 9.84 Å². The van der Waals surface area contributed by atoms with E-state index in [0.29, 0.717) is 12.4 Å². The Bertz CT molecular complexity index is 593. The molecular weight excluding hydrogens is 246 g/mol. The molecule has 0 saturated carbocycles. The molecule has 0 aliphatic heterocycles. The maximum Gasteiger partial charge on any atom is 0.305 e. The van der Waals surface area contributed by atoms with E-state index in [-0.39, 0.29) is 6.42 Å². The molecule has 0 unspecified atom stereocenters. The van der Waals surface area contributed by atoms with Crippen LogP contribution in [0.25, 0.3) is 11.1 Å². The van der Waals surface area contributed by atoms with Crippen molar-refractivity contribution in [2.75, 3.05) is 7.11 Å². The van der Waals surface area contributed by atoms with Gasteiger partial charge in [-0.05, 0) is 13.0 Å². The molecule has 2 aromatic rings. The number of carboxylic acid groups (broad SMARTS) is 1. The molecule has 0 bridgehead atoms. The zero-order chi connectivity index (χ0) is 13.8. The van der Waals surface area contributed by atoms with Gasteiger partial charge >= 0.3 is 5.97 Å². The molecule has 0 amide bonds. The van der Waals surface area contributed by atoms with Crippen molar-refractivity contribution in [3.63, 3.8) is 0 Å². The van der Waals surface area contributed by atoms with Crippen LogP contribution in [-0.2, 0) is 11.3 Å². The zero-order valence-electron chi connectivity index (χ0n) is 10.8. The van der Waals surface area contributed by atoms with Gasteiger partial charge in [0.05, 0.1) is 26.3 Å². The van der Waals surface area contributed by atoms with E-state index < -0.39 is 5.97 Å². The van der Waals surface area contributed by atoms with Gasteiger partial charge in [0.2, 0.25) is 5.88 Å². The number of ether oxygens (including phenoxy) is 1. The van der Waals surface area contributed by atoms with E-state index in [0.717, 1.165) is 16.7 Å². The Hall–Kier alpha value is -2.37. The zero-order valence-corrected chi connectivity index (χ0v) is 10.8. The molecule has 0 aliphatic carbocycles. The van der Waals surface area contributed by atoms with E-state index in [1.807, 2.05) is 19.2 Å². The number of hydrogen-bond donors (Lipinski definition) is 1. The third-order valence-corrected chi connectivity index (χ3v) is 2.74. The molecule has 6 heteroatoms. The summed E-state index contributed by atoms with van der Waals surface area (Å²) in [6.07, 6.45) is 5.28. The number of carbonyl (C=O) groups is 1. The first-order chi connectivity index (χ1) is 9.10. The third kappa shape index (κ3) is 3.09. The van der Waals surface area contributed by atoms with Crippen molar-refractivity contribution < 1.29 is 14.6 Å². The fourth-order valence-corrected chi connectivity index (χ4v) is 1.78. The van der Waals surface area contributed by atoms with Gasteiger partial charge in [0.15, 0.2) is 0 Å². The second kappa shape index (κ2) is 5.51. The van der Waals surface area contributed by atoms with Crippen LogP contribution in [-0.4, -0.2) is 33.0 Å². The average molecular weight is 261 g/mol. The molecule has 2 rings (SSSR count). The normalized spacial score (nSPS) is 10.4. The number of rotatable bonds is 5. The van der Waals surface area contributed by atoms with E-state index in [1.54, 1.807) is 24.2 Å². The van der Waals surface area contributed by atoms with E-state index in [9.17, 15) is 4.79 Å². The smallest absolute Gasteiger partial charge is 0.305 e. The molecule has 0 fully saturated rings. The highest BCUT2D eigenvalue weighted by molar-refractivity contribution is 5.66. The number of methoxy groups -OCH3 is 1. The van der Waals surface area contributed by atoms with Gasteiger partial charge in [0.1, 0.15) is 0 Å². The molecule has 19 heavy (non-hydrogen) atoms. The lowest BCUT2D eigenvalue weighted by molar-refractivity contribution is -0.137. The summed E-state index contributed by atoms with van der Waals surface area (Å²) in [6, 6.07) is 1.96. The largest absolute Gasteiger partial charge is 0.481 e. The van der Waals surface area contributed by atoms with E-state index in [1.165, 1.54) is 0 Å². The first-order valence-electron chi connectivity index (χ1n) is 5.85. The van der Waals surface area contributed by atoms with Crippen molar-refractivity contribution in [3.8, 4) is 17.0 Å². The molecule has 0 radical (unpaired) electrons. The van der Waals surface area contributed by atoms with Crippen molar-refractivity contribution in [2.45, 2.75) is 19.9 Å². The Morgan fingerprint density at radius 2 is 2.21 bits per heavy atom. The Kier molecular flexibility index (Phi) is 3.79. The Balaban J connectivity index is 2.18. The topological polar surface area (TPSA) is 77.2 Å². The van der Waals surface area contributed by atoms with Crippen LogP contribution in [0.15, 0.2) is 24.7 Å². The lowest BCUT2D eigenvalue weighted by atomic mass is 10.1. The Labute approximate surface area is 110 Å². The summed E-state index contributed by atoms with van der Waals surface area (Å²) in [5.41, 5.74) is 2.78. The second-order valence-electron chi connectivity index (χ2n) is 4.19. The number of aromatic nitrogens is 3. The highest BCUT2D eigenvalue weighted by Crippen LogP contribution is 2.23. The van der Waals surface area contributed by atoms with Gasteiger partial charge in [-0.2, -0.15) is 5.10 Å². The van der Waals surface area contributed by atoms with E-state index in [2.05, 4.69) is 10.1 Å². The average Bonchev–Trinajstić information content (AvgIpc) is 2.85. The van der Waals surface area contributed by atoms with Crippen molar-refractivity contribution in [2.24, 2.45) is 0 Å². The number of hydrogen-bond acceptors (Lipinski definition) is 4. The minimum Gasteiger partial charge on any atom is -0.481 e. The second-order valence-corrected chi connectivity index (χ2v) is 4.19. The molecule has 0 aliphatic rings. The summed E-state index contributed by atoms with van der Waals surface area (Å²) in [5, 5.41) is 12.8. The molecule has 100 valence electrons. The summed E-state index contributed by atoms with van der Waals surface area (Å²) in [4.78, 5) is 14.7. The van der Waals surface area contributed by atoms with Crippen LogP contribution in [0, 0.1) is 6.92 Å². The van der Waals surface area contributed by atoms with Crippen LogP contribution < -0.4 is 4.74 Å². The highest BCUT2D eigenvalue weighted by Gasteiger charge is 2.06. The third-order valence-electron chi connectivity index (χ3n) is 2.74. The minimum absolute atomic E-state index is 0.0566. The maximum absolute atomic E-state index is 10.5. The number of nitrogens with zero attached hydrogens (tertiary/aromatic N) is 3. The van der Waals surface area contributed by atoms with Crippen molar-refractivity contribution in [3.05, 3.63) is 30.2 Å². The molecule has 6 nitrogen and oxygen atoms in total. The van der Waals surface area contributed by atoms with Crippen molar-refractivity contribution in [1.29, 1.82) is 0 Å². The fourth-order valence-electron chi connectivity index (χ4n) is 1.78. The van der Waals surface area contributed by atoms with E-state index in [4.69, 9.17) is 9.84 Å². The predicted octanol–water partition coefficient (Wildman–Crippen LogP) is 1.74. The van der Waals surface area contributed by atoms with Crippen molar-refractivity contribution >= 4 is 5.97 Å². The summed E-state index contributed by atoms with van der Waals surface area (Å²) >= 11 is 0. The van der Waals surface area contributed by atoms with Gasteiger partial charge in [-0.25, -0.2) is 4.98 Å². The van der Waals surface area contributed by atoms with Crippen LogP contribution >= 0.6 is 0 Å². The monoisotopic (exact) mass is 261 g/mol. The first-order valence-corrected chi connectivity index (χ1v) is 5.85. The minimum atomic E-state index is -0.834. The lowest BCUT2D eigenvalue weighted by Crippen LogP contribution is -2.04. The Morgan fingerprint density at radius 3 is 2.84 bits per heavy atom. The van der Waals surface area contributed by atoms with Crippen LogP contribution in [0.4, 0.5) is 0 Å². The molecule has 2 heterocycles. The fraction of sp³-hybridized carbons (Fsp3) is 0.308. The summed E-state index contributed by atoms with van der Waals surface area (Å²) in [6.45, 7) is 2.28. The standard InChI is InChI=1S/C13H15N3O3/c1-9-5-10(6-14-13(9)19-2)11-7-15-16(8-11)4-3-12(17)18/h5-8H,3-4H2,1-2H3,(H,17,18). The van der Waals surface area contributed by atoms with Crippen LogP contribution in [0.1, 0.15) is 12.0 Å². The molecular formula is C13H15N3O3. The molecule has 0 aromatic carbocycles. The van der Waals surface area contributed by atoms with Gasteiger partial charge in [-0.15, -0.1) is 0 Å². The molecule has 0 atom stereocenters. The summed E-state index contributed by atoms with van der Waals surface area (Å²) < 4.78 is 6.72. The van der Waals surface area contributed by atoms with E-state index >= 15 is 0 Å². The van der Waals surface area contributed by atoms with Crippen LogP contribution in [0.3, 0.4) is 0 Å². The predicted molar refractivity (Wildman–Crippen MR) is 69.0 cm³/mol. The number of carboxylic acids is 1. The van der Waals surface area contributed by atoms with Crippen LogP contribution in [0.5, 0.6) is 5.88 Å². The molecule has 1 N–H and O–H groups in total. The van der Waals surface area contributed by atoms with Crippen LogP contribution in [0.2, 0.25) is 0 Å². The van der Waals surface area contributed by atoms with Gasteiger partial charge in [0, 0.05) is 29.1 Å². The lowest BCUT2D eigenvalue weighted by Gasteiger charge is -2.04. The quantitative estimate of drug-likeness (QED) is 0.887. The van der Waals surface area contributed by atoms with Gasteiger partial charge in [-0.3, -0.25) is 9.48 Å². The summed E-state index contributed by atoms with van der Waals surface area (Å²) in [7, 11) is 1.58. The Morgan fingerprint density at radius 1 is 1.42 bits per heavy atom. The highest BCUT2D eigenvalue weighted by atomic mass is 16.5. The molecule has 0 saturated heterocycles. The van der Waals surface area contributed by atoms with Crippen molar-refractivity contribution in [1.82, 2.24) is 14.8 Å².